The second kappa shape index (κ2) is 7.36. The third kappa shape index (κ3) is 4.45. The summed E-state index contributed by atoms with van der Waals surface area (Å²) in [5.41, 5.74) is 3.23. The van der Waals surface area contributed by atoms with Crippen LogP contribution in [0.3, 0.4) is 0 Å². The maximum atomic E-state index is 12.7. The van der Waals surface area contributed by atoms with Gasteiger partial charge in [-0.15, -0.1) is 0 Å². The Bertz CT molecular complexity index is 696. The maximum absolute atomic E-state index is 12.7. The highest BCUT2D eigenvalue weighted by atomic mass is 16.2. The number of rotatable bonds is 3. The van der Waals surface area contributed by atoms with Crippen molar-refractivity contribution in [3.05, 3.63) is 65.5 Å². The first kappa shape index (κ1) is 17.6. The van der Waals surface area contributed by atoms with Crippen molar-refractivity contribution in [3.63, 3.8) is 0 Å². The van der Waals surface area contributed by atoms with E-state index in [4.69, 9.17) is 0 Å². The molecule has 1 amide bonds. The number of benzene rings is 1. The van der Waals surface area contributed by atoms with Crippen molar-refractivity contribution in [2.75, 3.05) is 26.2 Å². The van der Waals surface area contributed by atoms with E-state index in [0.29, 0.717) is 0 Å². The normalized spacial score (nSPS) is 16.0. The minimum absolute atomic E-state index is 0.110. The number of pyridine rings is 1. The summed E-state index contributed by atoms with van der Waals surface area (Å²) in [6, 6.07) is 14.1. The van der Waals surface area contributed by atoms with Gasteiger partial charge < -0.3 is 4.90 Å². The van der Waals surface area contributed by atoms with Crippen molar-refractivity contribution in [1.29, 1.82) is 0 Å². The van der Waals surface area contributed by atoms with Crippen LogP contribution in [-0.2, 0) is 12.0 Å². The Morgan fingerprint density at radius 1 is 1.00 bits per heavy atom. The molecule has 0 N–H and O–H groups in total. The molecule has 1 aromatic carbocycles. The lowest BCUT2D eigenvalue weighted by Gasteiger charge is -2.34. The van der Waals surface area contributed by atoms with Gasteiger partial charge in [0, 0.05) is 44.5 Å². The zero-order valence-electron chi connectivity index (χ0n) is 15.4. The zero-order valence-corrected chi connectivity index (χ0v) is 15.4. The molecule has 1 aliphatic rings. The Morgan fingerprint density at radius 2 is 1.68 bits per heavy atom. The van der Waals surface area contributed by atoms with Gasteiger partial charge >= 0.3 is 0 Å². The monoisotopic (exact) mass is 337 g/mol. The molecule has 2 heterocycles. The maximum Gasteiger partial charge on any atom is 0.253 e. The number of hydrogen-bond acceptors (Lipinski definition) is 3. The Labute approximate surface area is 150 Å². The highest BCUT2D eigenvalue weighted by Gasteiger charge is 2.23. The minimum Gasteiger partial charge on any atom is -0.336 e. The molecule has 0 spiro atoms. The largest absolute Gasteiger partial charge is 0.336 e. The van der Waals surface area contributed by atoms with Gasteiger partial charge in [0.25, 0.3) is 5.91 Å². The lowest BCUT2D eigenvalue weighted by atomic mass is 9.86. The third-order valence-corrected chi connectivity index (χ3v) is 4.77. The molecule has 1 aliphatic heterocycles. The molecule has 0 saturated carbocycles. The summed E-state index contributed by atoms with van der Waals surface area (Å²) in [4.78, 5) is 21.4. The summed E-state index contributed by atoms with van der Waals surface area (Å²) in [5.74, 6) is 0.137. The number of hydrogen-bond donors (Lipinski definition) is 0. The number of nitrogens with zero attached hydrogens (tertiary/aromatic N) is 3. The summed E-state index contributed by atoms with van der Waals surface area (Å²) < 4.78 is 0. The van der Waals surface area contributed by atoms with Crippen LogP contribution in [-0.4, -0.2) is 46.9 Å². The fraction of sp³-hybridized carbons (Fsp3) is 0.429. The van der Waals surface area contributed by atoms with Crippen LogP contribution >= 0.6 is 0 Å². The van der Waals surface area contributed by atoms with E-state index in [9.17, 15) is 4.79 Å². The van der Waals surface area contributed by atoms with Gasteiger partial charge in [-0.1, -0.05) is 39.0 Å². The quantitative estimate of drug-likeness (QED) is 0.862. The molecule has 0 atom stereocenters. The molecule has 0 unspecified atom stereocenters. The number of amides is 1. The number of aromatic nitrogens is 1. The van der Waals surface area contributed by atoms with Gasteiger partial charge in [0.05, 0.1) is 5.69 Å². The molecule has 4 heteroatoms. The Hall–Kier alpha value is -2.20. The van der Waals surface area contributed by atoms with E-state index >= 15 is 0 Å². The van der Waals surface area contributed by atoms with Crippen molar-refractivity contribution < 1.29 is 4.79 Å². The minimum atomic E-state index is 0.110. The third-order valence-electron chi connectivity index (χ3n) is 4.77. The van der Waals surface area contributed by atoms with Gasteiger partial charge in [0.2, 0.25) is 0 Å². The van der Waals surface area contributed by atoms with E-state index in [1.54, 1.807) is 0 Å². The molecular weight excluding hydrogens is 310 g/mol. The molecule has 2 aromatic rings. The number of carbonyl (C=O) groups excluding carboxylic acids is 1. The van der Waals surface area contributed by atoms with Crippen LogP contribution < -0.4 is 0 Å². The highest BCUT2D eigenvalue weighted by molar-refractivity contribution is 5.94. The average Bonchev–Trinajstić information content (AvgIpc) is 2.62. The summed E-state index contributed by atoms with van der Waals surface area (Å²) >= 11 is 0. The molecule has 1 fully saturated rings. The molecule has 0 aliphatic carbocycles. The van der Waals surface area contributed by atoms with Crippen LogP contribution in [0, 0.1) is 0 Å². The fourth-order valence-corrected chi connectivity index (χ4v) is 3.13. The Balaban J connectivity index is 1.56. The zero-order chi connectivity index (χ0) is 17.9. The standard InChI is InChI=1S/C21H27N3O/c1-21(2,3)18-9-7-17(8-10-18)20(25)24-14-12-23(13-15-24)16-19-6-4-5-11-22-19/h4-11H,12-16H2,1-3H3. The van der Waals surface area contributed by atoms with Crippen molar-refractivity contribution in [2.24, 2.45) is 0 Å². The molecule has 0 bridgehead atoms. The predicted molar refractivity (Wildman–Crippen MR) is 101 cm³/mol. The molecule has 132 valence electrons. The molecule has 25 heavy (non-hydrogen) atoms. The van der Waals surface area contributed by atoms with Gasteiger partial charge in [0.15, 0.2) is 0 Å². The van der Waals surface area contributed by atoms with Gasteiger partial charge in [-0.05, 0) is 35.2 Å². The first-order valence-corrected chi connectivity index (χ1v) is 8.95. The SMILES string of the molecule is CC(C)(C)c1ccc(C(=O)N2CCN(Cc3ccccn3)CC2)cc1. The van der Waals surface area contributed by atoms with Crippen LogP contribution in [0.15, 0.2) is 48.7 Å². The highest BCUT2D eigenvalue weighted by Crippen LogP contribution is 2.22. The number of carbonyl (C=O) groups is 1. The first-order valence-electron chi connectivity index (χ1n) is 8.95. The smallest absolute Gasteiger partial charge is 0.253 e. The van der Waals surface area contributed by atoms with Crippen molar-refractivity contribution in [1.82, 2.24) is 14.8 Å². The first-order chi connectivity index (χ1) is 11.9. The van der Waals surface area contributed by atoms with E-state index in [-0.39, 0.29) is 11.3 Å². The van der Waals surface area contributed by atoms with Crippen LogP contribution in [0.1, 0.15) is 42.4 Å². The average molecular weight is 337 g/mol. The molecule has 0 radical (unpaired) electrons. The molecular formula is C21H27N3O. The lowest BCUT2D eigenvalue weighted by molar-refractivity contribution is 0.0627. The summed E-state index contributed by atoms with van der Waals surface area (Å²) in [5, 5.41) is 0. The van der Waals surface area contributed by atoms with E-state index in [1.807, 2.05) is 41.4 Å². The van der Waals surface area contributed by atoms with Crippen LogP contribution in [0.25, 0.3) is 0 Å². The van der Waals surface area contributed by atoms with E-state index < -0.39 is 0 Å². The number of piperazine rings is 1. The fourth-order valence-electron chi connectivity index (χ4n) is 3.13. The summed E-state index contributed by atoms with van der Waals surface area (Å²) in [7, 11) is 0. The second-order valence-electron chi connectivity index (χ2n) is 7.72. The summed E-state index contributed by atoms with van der Waals surface area (Å²) in [6.45, 7) is 10.7. The predicted octanol–water partition coefficient (Wildman–Crippen LogP) is 3.34. The topological polar surface area (TPSA) is 36.4 Å². The van der Waals surface area contributed by atoms with E-state index in [1.165, 1.54) is 5.56 Å². The lowest BCUT2D eigenvalue weighted by Crippen LogP contribution is -2.48. The molecule has 1 saturated heterocycles. The second-order valence-corrected chi connectivity index (χ2v) is 7.72. The molecule has 1 aromatic heterocycles. The molecule has 4 nitrogen and oxygen atoms in total. The van der Waals surface area contributed by atoms with E-state index in [2.05, 4.69) is 42.8 Å². The Kier molecular flexibility index (Phi) is 5.19. The van der Waals surface area contributed by atoms with Gasteiger partial charge in [-0.25, -0.2) is 0 Å². The van der Waals surface area contributed by atoms with Gasteiger partial charge in [0.1, 0.15) is 0 Å². The van der Waals surface area contributed by atoms with Gasteiger partial charge in [-0.3, -0.25) is 14.7 Å². The Morgan fingerprint density at radius 3 is 2.24 bits per heavy atom. The van der Waals surface area contributed by atoms with Crippen molar-refractivity contribution in [2.45, 2.75) is 32.7 Å². The molecule has 3 rings (SSSR count). The van der Waals surface area contributed by atoms with Crippen molar-refractivity contribution in [3.8, 4) is 0 Å². The van der Waals surface area contributed by atoms with E-state index in [0.717, 1.165) is 44.0 Å². The van der Waals surface area contributed by atoms with Gasteiger partial charge in [-0.2, -0.15) is 0 Å². The van der Waals surface area contributed by atoms with Crippen LogP contribution in [0.5, 0.6) is 0 Å². The van der Waals surface area contributed by atoms with Crippen LogP contribution in [0.4, 0.5) is 0 Å². The van der Waals surface area contributed by atoms with Crippen molar-refractivity contribution >= 4 is 5.91 Å². The summed E-state index contributed by atoms with van der Waals surface area (Å²) in [6.07, 6.45) is 1.83. The van der Waals surface area contributed by atoms with Crippen LogP contribution in [0.2, 0.25) is 0 Å².